The lowest BCUT2D eigenvalue weighted by Gasteiger charge is -2.24. The number of carbonyl (C=O) groups is 2. The summed E-state index contributed by atoms with van der Waals surface area (Å²) in [5.74, 6) is -0.691. The summed E-state index contributed by atoms with van der Waals surface area (Å²) in [6.07, 6.45) is 3.05. The third-order valence-corrected chi connectivity index (χ3v) is 5.81. The zero-order valence-electron chi connectivity index (χ0n) is 20.6. The number of aromatic nitrogens is 3. The van der Waals surface area contributed by atoms with Crippen LogP contribution in [0.4, 0.5) is 0 Å². The lowest BCUT2D eigenvalue weighted by Crippen LogP contribution is -2.38. The van der Waals surface area contributed by atoms with Gasteiger partial charge in [0, 0.05) is 37.6 Å². The molecule has 0 fully saturated rings. The van der Waals surface area contributed by atoms with Gasteiger partial charge in [-0.05, 0) is 32.8 Å². The number of hydrogen-bond donors (Lipinski definition) is 2. The second kappa shape index (κ2) is 10.5. The number of hydrogen-bond acceptors (Lipinski definition) is 4. The number of H-pyrrole nitrogens is 1. The minimum atomic E-state index is -0.572. The zero-order valence-corrected chi connectivity index (χ0v) is 20.6. The molecule has 2 aromatic heterocycles. The molecular formula is C26H33N5O3. The van der Waals surface area contributed by atoms with Crippen molar-refractivity contribution in [1.29, 1.82) is 0 Å². The predicted octanol–water partition coefficient (Wildman–Crippen LogP) is 4.04. The number of nitrogens with one attached hydrogen (secondary N) is 2. The minimum Gasteiger partial charge on any atom is -0.352 e. The fraction of sp³-hybridized carbons (Fsp3) is 0.385. The molecule has 8 nitrogen and oxygen atoms in total. The van der Waals surface area contributed by atoms with Gasteiger partial charge in [0.1, 0.15) is 11.1 Å². The van der Waals surface area contributed by atoms with Gasteiger partial charge in [0.15, 0.2) is 0 Å². The lowest BCUT2D eigenvalue weighted by molar-refractivity contribution is 0.0737. The van der Waals surface area contributed by atoms with Gasteiger partial charge in [-0.25, -0.2) is 0 Å². The average molecular weight is 464 g/mol. The molecule has 0 unspecified atom stereocenters. The monoisotopic (exact) mass is 463 g/mol. The third-order valence-electron chi connectivity index (χ3n) is 5.81. The molecule has 2 N–H and O–H groups in total. The fourth-order valence-corrected chi connectivity index (χ4v) is 3.48. The summed E-state index contributed by atoms with van der Waals surface area (Å²) in [6.45, 7) is 10.1. The number of benzene rings is 1. The molecule has 3 aromatic rings. The van der Waals surface area contributed by atoms with Crippen LogP contribution in [0.1, 0.15) is 73.1 Å². The standard InChI is InChI=1S/C26H33N5O3/c1-16(2)13-27-25(33)20-14-31(17(3)4)15-21(24(20)32)26(34)30(6)18(5)22-12-23(29-28-22)19-10-8-7-9-11-19/h7-12,14-18H,13H2,1-6H3,(H,27,33)(H,28,29)/t18-/m0/s1. The van der Waals surface area contributed by atoms with Gasteiger partial charge in [-0.3, -0.25) is 19.5 Å². The molecule has 0 bridgehead atoms. The second-order valence-electron chi connectivity index (χ2n) is 9.23. The molecule has 2 heterocycles. The Bertz CT molecular complexity index is 1210. The van der Waals surface area contributed by atoms with Gasteiger partial charge in [0.25, 0.3) is 11.8 Å². The third kappa shape index (κ3) is 5.44. The first kappa shape index (κ1) is 25.0. The summed E-state index contributed by atoms with van der Waals surface area (Å²) >= 11 is 0. The van der Waals surface area contributed by atoms with Crippen molar-refractivity contribution in [1.82, 2.24) is 25.0 Å². The highest BCUT2D eigenvalue weighted by Gasteiger charge is 2.26. The van der Waals surface area contributed by atoms with Crippen LogP contribution >= 0.6 is 0 Å². The van der Waals surface area contributed by atoms with E-state index in [1.54, 1.807) is 11.6 Å². The van der Waals surface area contributed by atoms with Crippen molar-refractivity contribution in [2.75, 3.05) is 13.6 Å². The molecule has 0 aliphatic heterocycles. The quantitative estimate of drug-likeness (QED) is 0.527. The van der Waals surface area contributed by atoms with Gasteiger partial charge in [-0.2, -0.15) is 5.10 Å². The average Bonchev–Trinajstić information content (AvgIpc) is 3.32. The summed E-state index contributed by atoms with van der Waals surface area (Å²) < 4.78 is 1.72. The lowest BCUT2D eigenvalue weighted by atomic mass is 10.1. The number of amides is 2. The van der Waals surface area contributed by atoms with Crippen molar-refractivity contribution in [3.8, 4) is 11.3 Å². The molecule has 180 valence electrons. The van der Waals surface area contributed by atoms with Crippen LogP contribution in [0.2, 0.25) is 0 Å². The van der Waals surface area contributed by atoms with Gasteiger partial charge in [-0.1, -0.05) is 44.2 Å². The number of aromatic amines is 1. The number of pyridine rings is 1. The maximum absolute atomic E-state index is 13.4. The van der Waals surface area contributed by atoms with Crippen LogP contribution in [-0.4, -0.2) is 45.1 Å². The fourth-order valence-electron chi connectivity index (χ4n) is 3.48. The molecular weight excluding hydrogens is 430 g/mol. The van der Waals surface area contributed by atoms with E-state index in [0.717, 1.165) is 17.0 Å². The van der Waals surface area contributed by atoms with Crippen molar-refractivity contribution in [2.45, 2.75) is 46.7 Å². The van der Waals surface area contributed by atoms with Crippen LogP contribution < -0.4 is 10.7 Å². The maximum atomic E-state index is 13.4. The van der Waals surface area contributed by atoms with Gasteiger partial charge >= 0.3 is 0 Å². The van der Waals surface area contributed by atoms with Crippen LogP contribution in [0.15, 0.2) is 53.6 Å². The molecule has 3 rings (SSSR count). The van der Waals surface area contributed by atoms with E-state index < -0.39 is 17.2 Å². The van der Waals surface area contributed by atoms with Crippen LogP contribution in [-0.2, 0) is 0 Å². The van der Waals surface area contributed by atoms with Crippen molar-refractivity contribution < 1.29 is 9.59 Å². The first-order chi connectivity index (χ1) is 16.1. The van der Waals surface area contributed by atoms with Crippen LogP contribution in [0.25, 0.3) is 11.3 Å². The predicted molar refractivity (Wildman–Crippen MR) is 133 cm³/mol. The largest absolute Gasteiger partial charge is 0.352 e. The smallest absolute Gasteiger partial charge is 0.259 e. The molecule has 8 heteroatoms. The molecule has 1 atom stereocenters. The summed E-state index contributed by atoms with van der Waals surface area (Å²) in [5.41, 5.74) is 1.83. The van der Waals surface area contributed by atoms with Gasteiger partial charge in [0.2, 0.25) is 5.43 Å². The molecule has 0 aliphatic carbocycles. The Morgan fingerprint density at radius 2 is 1.71 bits per heavy atom. The van der Waals surface area contributed by atoms with E-state index in [-0.39, 0.29) is 29.1 Å². The highest BCUT2D eigenvalue weighted by atomic mass is 16.2. The van der Waals surface area contributed by atoms with E-state index in [4.69, 9.17) is 0 Å². The Hall–Kier alpha value is -3.68. The molecule has 0 saturated carbocycles. The highest BCUT2D eigenvalue weighted by molar-refractivity contribution is 5.99. The summed E-state index contributed by atoms with van der Waals surface area (Å²) in [5, 5.41) is 10.1. The number of rotatable bonds is 8. The molecule has 0 saturated heterocycles. The SMILES string of the molecule is CC(C)CNC(=O)c1cn(C(C)C)cc(C(=O)N(C)[C@@H](C)c2cc(-c3ccccc3)n[nH]2)c1=O. The van der Waals surface area contributed by atoms with Crippen LogP contribution in [0.5, 0.6) is 0 Å². The highest BCUT2D eigenvalue weighted by Crippen LogP contribution is 2.24. The second-order valence-corrected chi connectivity index (χ2v) is 9.23. The Kier molecular flexibility index (Phi) is 7.71. The molecule has 34 heavy (non-hydrogen) atoms. The van der Waals surface area contributed by atoms with E-state index in [1.807, 2.05) is 71.0 Å². The minimum absolute atomic E-state index is 0.0332. The van der Waals surface area contributed by atoms with Gasteiger partial charge < -0.3 is 14.8 Å². The van der Waals surface area contributed by atoms with Crippen molar-refractivity contribution in [2.24, 2.45) is 5.92 Å². The van der Waals surface area contributed by atoms with E-state index in [9.17, 15) is 14.4 Å². The maximum Gasteiger partial charge on any atom is 0.259 e. The Labute approximate surface area is 200 Å². The Morgan fingerprint density at radius 3 is 2.32 bits per heavy atom. The molecule has 0 spiro atoms. The zero-order chi connectivity index (χ0) is 25.0. The number of nitrogens with zero attached hydrogens (tertiary/aromatic N) is 3. The first-order valence-electron chi connectivity index (χ1n) is 11.5. The topological polar surface area (TPSA) is 100 Å². The molecule has 2 amide bonds. The Morgan fingerprint density at radius 1 is 1.06 bits per heavy atom. The normalized spacial score (nSPS) is 12.1. The number of carbonyl (C=O) groups excluding carboxylic acids is 2. The van der Waals surface area contributed by atoms with Gasteiger partial charge in [0.05, 0.1) is 17.4 Å². The molecule has 0 radical (unpaired) electrons. The van der Waals surface area contributed by atoms with Crippen molar-refractivity contribution in [3.63, 3.8) is 0 Å². The van der Waals surface area contributed by atoms with Crippen LogP contribution in [0, 0.1) is 5.92 Å². The summed E-state index contributed by atoms with van der Waals surface area (Å²) in [4.78, 5) is 40.8. The van der Waals surface area contributed by atoms with E-state index in [2.05, 4.69) is 15.5 Å². The van der Waals surface area contributed by atoms with Crippen molar-refractivity contribution >= 4 is 11.8 Å². The van der Waals surface area contributed by atoms with E-state index in [1.165, 1.54) is 17.3 Å². The van der Waals surface area contributed by atoms with Crippen molar-refractivity contribution in [3.05, 3.63) is 75.8 Å². The summed E-state index contributed by atoms with van der Waals surface area (Å²) in [6, 6.07) is 11.2. The molecule has 0 aliphatic rings. The van der Waals surface area contributed by atoms with Gasteiger partial charge in [-0.15, -0.1) is 0 Å². The van der Waals surface area contributed by atoms with E-state index >= 15 is 0 Å². The summed E-state index contributed by atoms with van der Waals surface area (Å²) in [7, 11) is 1.64. The van der Waals surface area contributed by atoms with E-state index in [0.29, 0.717) is 6.54 Å². The Balaban J connectivity index is 1.91. The first-order valence-corrected chi connectivity index (χ1v) is 11.5. The van der Waals surface area contributed by atoms with Crippen LogP contribution in [0.3, 0.4) is 0 Å². The molecule has 1 aromatic carbocycles.